The Morgan fingerprint density at radius 2 is 2.10 bits per heavy atom. The first-order chi connectivity index (χ1) is 10.1. The van der Waals surface area contributed by atoms with Crippen LogP contribution in [0.15, 0.2) is 18.2 Å². The van der Waals surface area contributed by atoms with Gasteiger partial charge in [0.1, 0.15) is 0 Å². The molecule has 4 nitrogen and oxygen atoms in total. The summed E-state index contributed by atoms with van der Waals surface area (Å²) in [5.74, 6) is -0.880. The number of nitrogens with zero attached hydrogens (tertiary/aromatic N) is 2. The summed E-state index contributed by atoms with van der Waals surface area (Å²) in [6.07, 6.45) is 5.11. The summed E-state index contributed by atoms with van der Waals surface area (Å²) in [4.78, 5) is 18.5. The third-order valence-electron chi connectivity index (χ3n) is 4.48. The summed E-state index contributed by atoms with van der Waals surface area (Å²) >= 11 is 0. The van der Waals surface area contributed by atoms with Crippen molar-refractivity contribution in [3.63, 3.8) is 0 Å². The van der Waals surface area contributed by atoms with Crippen LogP contribution in [0, 0.1) is 12.8 Å². The second-order valence-electron chi connectivity index (χ2n) is 5.98. The molecule has 4 heteroatoms. The van der Waals surface area contributed by atoms with Gasteiger partial charge in [0.15, 0.2) is 0 Å². The van der Waals surface area contributed by atoms with Crippen LogP contribution in [-0.2, 0) is 11.3 Å². The molecule has 0 amide bonds. The minimum atomic E-state index is -0.641. The maximum absolute atomic E-state index is 11.6. The molecule has 116 valence electrons. The number of carboxylic acids is 1. The fraction of sp³-hybridized carbons (Fsp3) is 0.647. The molecular weight excluding hydrogens is 264 g/mol. The Labute approximate surface area is 127 Å². The zero-order valence-electron chi connectivity index (χ0n) is 13.1. The second kappa shape index (κ2) is 7.55. The van der Waals surface area contributed by atoms with Gasteiger partial charge in [0.25, 0.3) is 0 Å². The predicted molar refractivity (Wildman–Crippen MR) is 83.1 cm³/mol. The molecule has 1 saturated carbocycles. The number of hydrogen-bond acceptors (Lipinski definition) is 3. The van der Waals surface area contributed by atoms with Gasteiger partial charge in [-0.1, -0.05) is 32.3 Å². The SMILES string of the molecule is CCN(Cc1cccc(C)n1)C1CCCCCC1C(=O)O. The van der Waals surface area contributed by atoms with E-state index in [4.69, 9.17) is 0 Å². The second-order valence-corrected chi connectivity index (χ2v) is 5.98. The van der Waals surface area contributed by atoms with Crippen molar-refractivity contribution in [3.8, 4) is 0 Å². The number of aromatic nitrogens is 1. The van der Waals surface area contributed by atoms with Crippen LogP contribution in [0.25, 0.3) is 0 Å². The van der Waals surface area contributed by atoms with Crippen molar-refractivity contribution in [1.29, 1.82) is 0 Å². The zero-order chi connectivity index (χ0) is 15.2. The van der Waals surface area contributed by atoms with Crippen molar-refractivity contribution in [1.82, 2.24) is 9.88 Å². The molecular formula is C17H26N2O2. The average molecular weight is 290 g/mol. The summed E-state index contributed by atoms with van der Waals surface area (Å²) < 4.78 is 0. The van der Waals surface area contributed by atoms with Gasteiger partial charge in [-0.15, -0.1) is 0 Å². The van der Waals surface area contributed by atoms with E-state index in [1.165, 1.54) is 0 Å². The van der Waals surface area contributed by atoms with Gasteiger partial charge in [0.2, 0.25) is 0 Å². The summed E-state index contributed by atoms with van der Waals surface area (Å²) in [6.45, 7) is 5.71. The summed E-state index contributed by atoms with van der Waals surface area (Å²) in [6, 6.07) is 6.18. The smallest absolute Gasteiger partial charge is 0.308 e. The Morgan fingerprint density at radius 1 is 1.33 bits per heavy atom. The Morgan fingerprint density at radius 3 is 2.76 bits per heavy atom. The largest absolute Gasteiger partial charge is 0.481 e. The molecule has 2 unspecified atom stereocenters. The number of rotatable bonds is 5. The van der Waals surface area contributed by atoms with E-state index in [1.54, 1.807) is 0 Å². The van der Waals surface area contributed by atoms with Crippen molar-refractivity contribution >= 4 is 5.97 Å². The van der Waals surface area contributed by atoms with Gasteiger partial charge in [-0.2, -0.15) is 0 Å². The van der Waals surface area contributed by atoms with E-state index < -0.39 is 5.97 Å². The van der Waals surface area contributed by atoms with E-state index in [1.807, 2.05) is 25.1 Å². The standard InChI is InChI=1S/C17H26N2O2/c1-3-19(12-14-9-7-8-13(2)18-14)16-11-6-4-5-10-15(16)17(20)21/h7-9,15-16H,3-6,10-12H2,1-2H3,(H,20,21). The fourth-order valence-electron chi connectivity index (χ4n) is 3.37. The number of hydrogen-bond donors (Lipinski definition) is 1. The lowest BCUT2D eigenvalue weighted by molar-refractivity contribution is -0.144. The number of pyridine rings is 1. The van der Waals surface area contributed by atoms with Gasteiger partial charge in [-0.05, 0) is 38.4 Å². The molecule has 0 spiro atoms. The lowest BCUT2D eigenvalue weighted by Crippen LogP contribution is -2.42. The van der Waals surface area contributed by atoms with Gasteiger partial charge in [-0.3, -0.25) is 14.7 Å². The maximum atomic E-state index is 11.6. The minimum Gasteiger partial charge on any atom is -0.481 e. The van der Waals surface area contributed by atoms with Gasteiger partial charge >= 0.3 is 5.97 Å². The molecule has 1 aliphatic rings. The first-order valence-corrected chi connectivity index (χ1v) is 8.01. The van der Waals surface area contributed by atoms with E-state index in [9.17, 15) is 9.90 Å². The van der Waals surface area contributed by atoms with Gasteiger partial charge in [0, 0.05) is 18.3 Å². The molecule has 1 aliphatic carbocycles. The zero-order valence-corrected chi connectivity index (χ0v) is 13.1. The summed E-state index contributed by atoms with van der Waals surface area (Å²) in [5.41, 5.74) is 2.05. The van der Waals surface area contributed by atoms with Gasteiger partial charge in [0.05, 0.1) is 11.6 Å². The molecule has 0 saturated heterocycles. The molecule has 0 aliphatic heterocycles. The van der Waals surface area contributed by atoms with Crippen LogP contribution in [0.1, 0.15) is 50.4 Å². The summed E-state index contributed by atoms with van der Waals surface area (Å²) in [5, 5.41) is 9.55. The van der Waals surface area contributed by atoms with Crippen molar-refractivity contribution in [2.24, 2.45) is 5.92 Å². The number of aliphatic carboxylic acids is 1. The third kappa shape index (κ3) is 4.27. The Balaban J connectivity index is 2.15. The molecule has 1 fully saturated rings. The fourth-order valence-corrected chi connectivity index (χ4v) is 3.37. The highest BCUT2D eigenvalue weighted by atomic mass is 16.4. The Bertz CT molecular complexity index is 476. The van der Waals surface area contributed by atoms with Crippen molar-refractivity contribution in [2.45, 2.75) is 58.5 Å². The molecule has 0 bridgehead atoms. The van der Waals surface area contributed by atoms with E-state index in [-0.39, 0.29) is 12.0 Å². The molecule has 21 heavy (non-hydrogen) atoms. The molecule has 0 radical (unpaired) electrons. The lowest BCUT2D eigenvalue weighted by atomic mass is 9.93. The average Bonchev–Trinajstić information content (AvgIpc) is 2.70. The molecule has 1 aromatic rings. The van der Waals surface area contributed by atoms with Crippen LogP contribution < -0.4 is 0 Å². The van der Waals surface area contributed by atoms with Crippen molar-refractivity contribution in [3.05, 3.63) is 29.6 Å². The molecule has 2 rings (SSSR count). The Kier molecular flexibility index (Phi) is 5.74. The number of aryl methyl sites for hydroxylation is 1. The predicted octanol–water partition coefficient (Wildman–Crippen LogP) is 3.25. The normalized spacial score (nSPS) is 23.0. The number of carbonyl (C=O) groups is 1. The van der Waals surface area contributed by atoms with Crippen LogP contribution in [0.4, 0.5) is 0 Å². The molecule has 1 aromatic heterocycles. The van der Waals surface area contributed by atoms with Gasteiger partial charge in [-0.25, -0.2) is 0 Å². The highest BCUT2D eigenvalue weighted by Gasteiger charge is 2.33. The van der Waals surface area contributed by atoms with Crippen LogP contribution in [-0.4, -0.2) is 33.5 Å². The molecule has 1 N–H and O–H groups in total. The summed E-state index contributed by atoms with van der Waals surface area (Å²) in [7, 11) is 0. The van der Waals surface area contributed by atoms with E-state index in [0.29, 0.717) is 0 Å². The van der Waals surface area contributed by atoms with E-state index in [2.05, 4.69) is 16.8 Å². The maximum Gasteiger partial charge on any atom is 0.308 e. The molecule has 2 atom stereocenters. The van der Waals surface area contributed by atoms with E-state index >= 15 is 0 Å². The van der Waals surface area contributed by atoms with Crippen LogP contribution >= 0.6 is 0 Å². The molecule has 1 heterocycles. The van der Waals surface area contributed by atoms with Gasteiger partial charge < -0.3 is 5.11 Å². The van der Waals surface area contributed by atoms with Crippen LogP contribution in [0.2, 0.25) is 0 Å². The lowest BCUT2D eigenvalue weighted by Gasteiger charge is -2.33. The number of carboxylic acid groups (broad SMARTS) is 1. The third-order valence-corrected chi connectivity index (χ3v) is 4.48. The van der Waals surface area contributed by atoms with Crippen LogP contribution in [0.5, 0.6) is 0 Å². The quantitative estimate of drug-likeness (QED) is 0.846. The van der Waals surface area contributed by atoms with Crippen molar-refractivity contribution in [2.75, 3.05) is 6.54 Å². The van der Waals surface area contributed by atoms with Crippen LogP contribution in [0.3, 0.4) is 0 Å². The highest BCUT2D eigenvalue weighted by Crippen LogP contribution is 2.28. The first kappa shape index (κ1) is 16.0. The van der Waals surface area contributed by atoms with Crippen molar-refractivity contribution < 1.29 is 9.90 Å². The first-order valence-electron chi connectivity index (χ1n) is 8.01. The topological polar surface area (TPSA) is 53.4 Å². The monoisotopic (exact) mass is 290 g/mol. The highest BCUT2D eigenvalue weighted by molar-refractivity contribution is 5.70. The minimum absolute atomic E-state index is 0.136. The van der Waals surface area contributed by atoms with E-state index in [0.717, 1.165) is 56.6 Å². The Hall–Kier alpha value is -1.42. The molecule has 0 aromatic carbocycles.